The fourth-order valence-electron chi connectivity index (χ4n) is 3.23. The molecule has 0 unspecified atom stereocenters. The van der Waals surface area contributed by atoms with Crippen molar-refractivity contribution in [3.63, 3.8) is 0 Å². The second kappa shape index (κ2) is 9.50. The third-order valence-corrected chi connectivity index (χ3v) is 6.26. The number of carbonyl (C=O) groups excluding carboxylic acids is 1. The lowest BCUT2D eigenvalue weighted by atomic mass is 10.0. The zero-order valence-electron chi connectivity index (χ0n) is 17.3. The number of anilines is 2. The number of amides is 1. The molecule has 0 aliphatic rings. The van der Waals surface area contributed by atoms with Gasteiger partial charge < -0.3 is 10.1 Å². The third kappa shape index (κ3) is 5.22. The van der Waals surface area contributed by atoms with Crippen LogP contribution in [0.4, 0.5) is 11.4 Å². The van der Waals surface area contributed by atoms with Crippen molar-refractivity contribution in [1.82, 2.24) is 0 Å². The first-order chi connectivity index (χ1) is 13.6. The molecule has 1 amide bonds. The minimum atomic E-state index is -3.75. The number of hydrogen-bond acceptors (Lipinski definition) is 4. The van der Waals surface area contributed by atoms with Crippen molar-refractivity contribution >= 4 is 38.9 Å². The van der Waals surface area contributed by atoms with Crippen LogP contribution in [0.3, 0.4) is 0 Å². The molecule has 0 heterocycles. The van der Waals surface area contributed by atoms with E-state index in [1.54, 1.807) is 19.1 Å². The fraction of sp³-hybridized carbons (Fsp3) is 0.381. The van der Waals surface area contributed by atoms with Gasteiger partial charge in [0, 0.05) is 5.69 Å². The maximum atomic E-state index is 13.0. The van der Waals surface area contributed by atoms with Gasteiger partial charge in [0.05, 0.1) is 24.1 Å². The van der Waals surface area contributed by atoms with Crippen LogP contribution in [0.2, 0.25) is 5.02 Å². The van der Waals surface area contributed by atoms with Gasteiger partial charge in [0.2, 0.25) is 15.9 Å². The summed E-state index contributed by atoms with van der Waals surface area (Å²) in [5, 5.41) is 3.20. The number of nitrogens with one attached hydrogen (secondary N) is 1. The van der Waals surface area contributed by atoms with E-state index in [0.717, 1.165) is 40.2 Å². The van der Waals surface area contributed by atoms with Gasteiger partial charge in [-0.2, -0.15) is 0 Å². The van der Waals surface area contributed by atoms with Crippen molar-refractivity contribution in [3.8, 4) is 5.75 Å². The normalized spacial score (nSPS) is 12.3. The summed E-state index contributed by atoms with van der Waals surface area (Å²) >= 11 is 6.17. The molecule has 2 aromatic rings. The molecule has 0 aliphatic carbocycles. The maximum absolute atomic E-state index is 13.0. The molecule has 0 saturated heterocycles. The highest BCUT2D eigenvalue weighted by Crippen LogP contribution is 2.32. The van der Waals surface area contributed by atoms with Crippen molar-refractivity contribution in [1.29, 1.82) is 0 Å². The van der Waals surface area contributed by atoms with Crippen LogP contribution in [0.5, 0.6) is 5.75 Å². The highest BCUT2D eigenvalue weighted by Gasteiger charge is 2.30. The van der Waals surface area contributed by atoms with E-state index < -0.39 is 22.0 Å². The van der Waals surface area contributed by atoms with Crippen molar-refractivity contribution in [2.24, 2.45) is 0 Å². The van der Waals surface area contributed by atoms with Crippen LogP contribution in [-0.4, -0.2) is 33.7 Å². The number of carbonyl (C=O) groups is 1. The topological polar surface area (TPSA) is 75.7 Å². The van der Waals surface area contributed by atoms with Crippen LogP contribution in [0.25, 0.3) is 0 Å². The van der Waals surface area contributed by atoms with Gasteiger partial charge in [-0.3, -0.25) is 9.10 Å². The lowest BCUT2D eigenvalue weighted by Gasteiger charge is -2.29. The molecule has 8 heteroatoms. The molecule has 0 aromatic heterocycles. The van der Waals surface area contributed by atoms with E-state index in [0.29, 0.717) is 11.4 Å². The number of para-hydroxylation sites is 1. The highest BCUT2D eigenvalue weighted by atomic mass is 35.5. The molecule has 0 spiro atoms. The molecule has 0 bridgehead atoms. The number of nitrogens with zero attached hydrogens (tertiary/aromatic N) is 1. The Kier molecular flexibility index (Phi) is 7.54. The molecule has 0 aliphatic heterocycles. The Labute approximate surface area is 177 Å². The number of halogens is 1. The van der Waals surface area contributed by atoms with Crippen LogP contribution < -0.4 is 14.4 Å². The fourth-order valence-corrected chi connectivity index (χ4v) is 4.65. The van der Waals surface area contributed by atoms with E-state index in [9.17, 15) is 13.2 Å². The van der Waals surface area contributed by atoms with Crippen LogP contribution in [0.1, 0.15) is 31.9 Å². The van der Waals surface area contributed by atoms with Gasteiger partial charge in [-0.05, 0) is 49.1 Å². The molecule has 2 rings (SSSR count). The Morgan fingerprint density at radius 3 is 2.21 bits per heavy atom. The summed E-state index contributed by atoms with van der Waals surface area (Å²) in [5.41, 5.74) is 3.04. The van der Waals surface area contributed by atoms with Crippen molar-refractivity contribution in [3.05, 3.63) is 52.5 Å². The molecular weight excluding hydrogens is 412 g/mol. The Hall–Kier alpha value is -2.25. The molecule has 158 valence electrons. The number of rotatable bonds is 8. The average molecular weight is 439 g/mol. The van der Waals surface area contributed by atoms with E-state index in [1.165, 1.54) is 13.2 Å². The summed E-state index contributed by atoms with van der Waals surface area (Å²) < 4.78 is 31.2. The second-order valence-electron chi connectivity index (χ2n) is 6.70. The zero-order valence-corrected chi connectivity index (χ0v) is 18.9. The number of benzene rings is 2. The van der Waals surface area contributed by atoms with Crippen LogP contribution in [-0.2, 0) is 27.7 Å². The Morgan fingerprint density at radius 2 is 1.76 bits per heavy atom. The van der Waals surface area contributed by atoms with Crippen molar-refractivity contribution in [2.75, 3.05) is 23.0 Å². The number of aryl methyl sites for hydroxylation is 2. The minimum absolute atomic E-state index is 0.260. The second-order valence-corrected chi connectivity index (χ2v) is 8.97. The van der Waals surface area contributed by atoms with Gasteiger partial charge in [0.15, 0.2) is 0 Å². The number of sulfonamides is 1. The van der Waals surface area contributed by atoms with E-state index >= 15 is 0 Å². The van der Waals surface area contributed by atoms with E-state index in [4.69, 9.17) is 16.3 Å². The van der Waals surface area contributed by atoms with Gasteiger partial charge in [-0.1, -0.05) is 43.6 Å². The SMILES string of the molecule is CCc1cccc(CC)c1NC(=O)[C@H](C)N(c1ccc(OC)c(Cl)c1)S(C)(=O)=O. The predicted octanol–water partition coefficient (Wildman–Crippen LogP) is 4.27. The minimum Gasteiger partial charge on any atom is -0.495 e. The van der Waals surface area contributed by atoms with Crippen molar-refractivity contribution < 1.29 is 17.9 Å². The average Bonchev–Trinajstić information content (AvgIpc) is 2.67. The van der Waals surface area contributed by atoms with Gasteiger partial charge in [0.1, 0.15) is 11.8 Å². The Balaban J connectivity index is 2.42. The number of hydrogen-bond donors (Lipinski definition) is 1. The van der Waals surface area contributed by atoms with Crippen LogP contribution >= 0.6 is 11.6 Å². The lowest BCUT2D eigenvalue weighted by Crippen LogP contribution is -2.45. The third-order valence-electron chi connectivity index (χ3n) is 4.73. The standard InChI is InChI=1S/C21H27ClN2O4S/c1-6-15-9-8-10-16(7-2)20(15)23-21(25)14(3)24(29(5,26)27)17-11-12-19(28-4)18(22)13-17/h8-14H,6-7H2,1-5H3,(H,23,25)/t14-/m0/s1. The molecular formula is C21H27ClN2O4S. The summed E-state index contributed by atoms with van der Waals surface area (Å²) in [6.07, 6.45) is 2.57. The summed E-state index contributed by atoms with van der Waals surface area (Å²) in [7, 11) is -2.28. The highest BCUT2D eigenvalue weighted by molar-refractivity contribution is 7.92. The molecule has 29 heavy (non-hydrogen) atoms. The van der Waals surface area contributed by atoms with Gasteiger partial charge >= 0.3 is 0 Å². The van der Waals surface area contributed by atoms with Gasteiger partial charge in [0.25, 0.3) is 0 Å². The van der Waals surface area contributed by atoms with E-state index in [-0.39, 0.29) is 5.02 Å². The van der Waals surface area contributed by atoms with Crippen LogP contribution in [0, 0.1) is 0 Å². The Morgan fingerprint density at radius 1 is 1.17 bits per heavy atom. The molecule has 2 aromatic carbocycles. The molecule has 0 radical (unpaired) electrons. The molecule has 1 atom stereocenters. The summed E-state index contributed by atoms with van der Waals surface area (Å²) in [4.78, 5) is 13.0. The predicted molar refractivity (Wildman–Crippen MR) is 119 cm³/mol. The van der Waals surface area contributed by atoms with E-state index in [1.807, 2.05) is 32.0 Å². The van der Waals surface area contributed by atoms with Gasteiger partial charge in [-0.25, -0.2) is 8.42 Å². The largest absolute Gasteiger partial charge is 0.495 e. The summed E-state index contributed by atoms with van der Waals surface area (Å²) in [6.45, 7) is 5.57. The number of ether oxygens (including phenoxy) is 1. The first-order valence-electron chi connectivity index (χ1n) is 9.38. The zero-order chi connectivity index (χ0) is 21.8. The summed E-state index contributed by atoms with van der Waals surface area (Å²) in [6, 6.07) is 9.49. The first-order valence-corrected chi connectivity index (χ1v) is 11.6. The maximum Gasteiger partial charge on any atom is 0.248 e. The monoisotopic (exact) mass is 438 g/mol. The first kappa shape index (κ1) is 23.0. The number of methoxy groups -OCH3 is 1. The quantitative estimate of drug-likeness (QED) is 0.667. The van der Waals surface area contributed by atoms with Crippen molar-refractivity contribution in [2.45, 2.75) is 39.7 Å². The molecule has 6 nitrogen and oxygen atoms in total. The Bertz CT molecular complexity index is 970. The molecule has 0 saturated carbocycles. The smallest absolute Gasteiger partial charge is 0.248 e. The molecule has 0 fully saturated rings. The molecule has 1 N–H and O–H groups in total. The van der Waals surface area contributed by atoms with Crippen LogP contribution in [0.15, 0.2) is 36.4 Å². The lowest BCUT2D eigenvalue weighted by molar-refractivity contribution is -0.116. The van der Waals surface area contributed by atoms with E-state index in [2.05, 4.69) is 5.32 Å². The van der Waals surface area contributed by atoms with Gasteiger partial charge in [-0.15, -0.1) is 0 Å². The summed E-state index contributed by atoms with van der Waals surface area (Å²) in [5.74, 6) is 0.00315.